The molecule has 0 saturated heterocycles. The van der Waals surface area contributed by atoms with Crippen LogP contribution in [-0.4, -0.2) is 5.78 Å². The van der Waals surface area contributed by atoms with E-state index in [2.05, 4.69) is 15.9 Å². The SMILES string of the molecule is Nc1cc(Br)ccc1C(=O)Cc1ccc(C(F)(F)F)cc1. The number of anilines is 1. The zero-order chi connectivity index (χ0) is 15.6. The largest absolute Gasteiger partial charge is 0.416 e. The van der Waals surface area contributed by atoms with Crippen LogP contribution in [0.25, 0.3) is 0 Å². The number of carbonyl (C=O) groups excluding carboxylic acids is 1. The summed E-state index contributed by atoms with van der Waals surface area (Å²) < 4.78 is 38.1. The number of benzene rings is 2. The lowest BCUT2D eigenvalue weighted by molar-refractivity contribution is -0.137. The highest BCUT2D eigenvalue weighted by molar-refractivity contribution is 9.10. The van der Waals surface area contributed by atoms with Crippen LogP contribution in [0.5, 0.6) is 0 Å². The van der Waals surface area contributed by atoms with Gasteiger partial charge in [0.2, 0.25) is 0 Å². The lowest BCUT2D eigenvalue weighted by Crippen LogP contribution is -2.08. The van der Waals surface area contributed by atoms with E-state index >= 15 is 0 Å². The van der Waals surface area contributed by atoms with Crippen molar-refractivity contribution in [2.45, 2.75) is 12.6 Å². The number of ketones is 1. The second kappa shape index (κ2) is 5.89. The van der Waals surface area contributed by atoms with Crippen molar-refractivity contribution in [2.24, 2.45) is 0 Å². The maximum Gasteiger partial charge on any atom is 0.416 e. The minimum Gasteiger partial charge on any atom is -0.398 e. The van der Waals surface area contributed by atoms with Crippen LogP contribution < -0.4 is 5.73 Å². The third-order valence-electron chi connectivity index (χ3n) is 2.96. The Morgan fingerprint density at radius 3 is 2.24 bits per heavy atom. The highest BCUT2D eigenvalue weighted by Gasteiger charge is 2.30. The Kier molecular flexibility index (Phi) is 4.37. The van der Waals surface area contributed by atoms with E-state index in [1.54, 1.807) is 18.2 Å². The van der Waals surface area contributed by atoms with E-state index in [9.17, 15) is 18.0 Å². The minimum atomic E-state index is -4.38. The molecule has 0 atom stereocenters. The van der Waals surface area contributed by atoms with Crippen LogP contribution in [0.4, 0.5) is 18.9 Å². The van der Waals surface area contributed by atoms with Gasteiger partial charge in [0.05, 0.1) is 5.56 Å². The molecule has 0 fully saturated rings. The topological polar surface area (TPSA) is 43.1 Å². The summed E-state index contributed by atoms with van der Waals surface area (Å²) in [6, 6.07) is 9.43. The average Bonchev–Trinajstić information content (AvgIpc) is 2.38. The number of halogens is 4. The Bertz CT molecular complexity index is 666. The predicted molar refractivity (Wildman–Crippen MR) is 78.0 cm³/mol. The summed E-state index contributed by atoms with van der Waals surface area (Å²) in [6.07, 6.45) is -4.37. The molecule has 2 rings (SSSR count). The fourth-order valence-electron chi connectivity index (χ4n) is 1.88. The number of alkyl halides is 3. The molecule has 0 aromatic heterocycles. The molecule has 2 nitrogen and oxygen atoms in total. The summed E-state index contributed by atoms with van der Waals surface area (Å²) in [5.74, 6) is -0.236. The molecule has 2 aromatic rings. The van der Waals surface area contributed by atoms with Crippen molar-refractivity contribution in [3.8, 4) is 0 Å². The van der Waals surface area contributed by atoms with Crippen molar-refractivity contribution >= 4 is 27.4 Å². The molecular weight excluding hydrogens is 347 g/mol. The highest BCUT2D eigenvalue weighted by Crippen LogP contribution is 2.29. The quantitative estimate of drug-likeness (QED) is 0.650. The molecule has 2 aromatic carbocycles. The number of hydrogen-bond donors (Lipinski definition) is 1. The van der Waals surface area contributed by atoms with Crippen molar-refractivity contribution < 1.29 is 18.0 Å². The first kappa shape index (κ1) is 15.6. The maximum absolute atomic E-state index is 12.4. The van der Waals surface area contributed by atoms with Crippen LogP contribution in [-0.2, 0) is 12.6 Å². The van der Waals surface area contributed by atoms with Crippen LogP contribution >= 0.6 is 15.9 Å². The molecule has 0 unspecified atom stereocenters. The smallest absolute Gasteiger partial charge is 0.398 e. The third-order valence-corrected chi connectivity index (χ3v) is 3.45. The molecule has 110 valence electrons. The molecule has 0 aliphatic carbocycles. The number of hydrogen-bond acceptors (Lipinski definition) is 2. The first-order valence-electron chi connectivity index (χ1n) is 6.02. The van der Waals surface area contributed by atoms with Crippen molar-refractivity contribution in [2.75, 3.05) is 5.73 Å². The van der Waals surface area contributed by atoms with Gasteiger partial charge >= 0.3 is 6.18 Å². The lowest BCUT2D eigenvalue weighted by Gasteiger charge is -2.08. The minimum absolute atomic E-state index is 0.00394. The van der Waals surface area contributed by atoms with Gasteiger partial charge in [0.25, 0.3) is 0 Å². The zero-order valence-corrected chi connectivity index (χ0v) is 12.3. The number of rotatable bonds is 3. The van der Waals surface area contributed by atoms with Crippen molar-refractivity contribution in [1.82, 2.24) is 0 Å². The van der Waals surface area contributed by atoms with Gasteiger partial charge in [-0.05, 0) is 35.9 Å². The van der Waals surface area contributed by atoms with Gasteiger partial charge in [0, 0.05) is 22.1 Å². The number of nitrogens with two attached hydrogens (primary N) is 1. The summed E-state index contributed by atoms with van der Waals surface area (Å²) in [5.41, 5.74) is 6.23. The number of Topliss-reactive ketones (excluding diaryl/α,β-unsaturated/α-hetero) is 1. The van der Waals surface area contributed by atoms with E-state index in [0.29, 0.717) is 16.8 Å². The van der Waals surface area contributed by atoms with Crippen molar-refractivity contribution in [3.05, 3.63) is 63.6 Å². The van der Waals surface area contributed by atoms with E-state index in [1.807, 2.05) is 0 Å². The van der Waals surface area contributed by atoms with E-state index in [4.69, 9.17) is 5.73 Å². The van der Waals surface area contributed by atoms with Crippen LogP contribution in [0, 0.1) is 0 Å². The molecule has 21 heavy (non-hydrogen) atoms. The number of nitrogen functional groups attached to an aromatic ring is 1. The first-order chi connectivity index (χ1) is 9.77. The maximum atomic E-state index is 12.4. The van der Waals surface area contributed by atoms with E-state index in [1.165, 1.54) is 12.1 Å². The molecule has 0 aliphatic rings. The second-order valence-electron chi connectivity index (χ2n) is 4.53. The van der Waals surface area contributed by atoms with Gasteiger partial charge in [0.15, 0.2) is 5.78 Å². The third kappa shape index (κ3) is 3.85. The van der Waals surface area contributed by atoms with Gasteiger partial charge in [-0.2, -0.15) is 13.2 Å². The van der Waals surface area contributed by atoms with Gasteiger partial charge in [0.1, 0.15) is 0 Å². The van der Waals surface area contributed by atoms with E-state index in [-0.39, 0.29) is 12.2 Å². The molecule has 0 saturated carbocycles. The zero-order valence-electron chi connectivity index (χ0n) is 10.7. The molecule has 0 radical (unpaired) electrons. The molecule has 0 aliphatic heterocycles. The van der Waals surface area contributed by atoms with E-state index in [0.717, 1.165) is 16.6 Å². The van der Waals surface area contributed by atoms with Gasteiger partial charge in [-0.1, -0.05) is 28.1 Å². The molecule has 0 spiro atoms. The molecule has 2 N–H and O–H groups in total. The Morgan fingerprint density at radius 1 is 1.10 bits per heavy atom. The van der Waals surface area contributed by atoms with Crippen LogP contribution in [0.15, 0.2) is 46.9 Å². The molecule has 0 bridgehead atoms. The summed E-state index contributed by atoms with van der Waals surface area (Å²) in [4.78, 5) is 12.1. The fraction of sp³-hybridized carbons (Fsp3) is 0.133. The molecular formula is C15H11BrF3NO. The highest BCUT2D eigenvalue weighted by atomic mass is 79.9. The molecule has 0 heterocycles. The molecule has 0 amide bonds. The summed E-state index contributed by atoms with van der Waals surface area (Å²) in [7, 11) is 0. The monoisotopic (exact) mass is 357 g/mol. The van der Waals surface area contributed by atoms with Crippen LogP contribution in [0.2, 0.25) is 0 Å². The Labute approximate surface area is 127 Å². The van der Waals surface area contributed by atoms with Gasteiger partial charge in [-0.25, -0.2) is 0 Å². The van der Waals surface area contributed by atoms with Crippen LogP contribution in [0.1, 0.15) is 21.5 Å². The van der Waals surface area contributed by atoms with Crippen molar-refractivity contribution in [3.63, 3.8) is 0 Å². The fourth-order valence-corrected chi connectivity index (χ4v) is 2.26. The van der Waals surface area contributed by atoms with Gasteiger partial charge < -0.3 is 5.73 Å². The summed E-state index contributed by atoms with van der Waals surface area (Å²) >= 11 is 3.24. The predicted octanol–water partition coefficient (Wildman–Crippen LogP) is 4.48. The normalized spacial score (nSPS) is 11.4. The average molecular weight is 358 g/mol. The van der Waals surface area contributed by atoms with Gasteiger partial charge in [-0.3, -0.25) is 4.79 Å². The first-order valence-corrected chi connectivity index (χ1v) is 6.81. The second-order valence-corrected chi connectivity index (χ2v) is 5.44. The Morgan fingerprint density at radius 2 is 1.71 bits per heavy atom. The van der Waals surface area contributed by atoms with E-state index < -0.39 is 11.7 Å². The van der Waals surface area contributed by atoms with Gasteiger partial charge in [-0.15, -0.1) is 0 Å². The number of carbonyl (C=O) groups is 1. The van der Waals surface area contributed by atoms with Crippen molar-refractivity contribution in [1.29, 1.82) is 0 Å². The van der Waals surface area contributed by atoms with Crippen LogP contribution in [0.3, 0.4) is 0 Å². The Hall–Kier alpha value is -1.82. The summed E-state index contributed by atoms with van der Waals surface area (Å²) in [6.45, 7) is 0. The lowest BCUT2D eigenvalue weighted by atomic mass is 10.0. The standard InChI is InChI=1S/C15H11BrF3NO/c16-11-5-6-12(13(20)8-11)14(21)7-9-1-3-10(4-2-9)15(17,18)19/h1-6,8H,7,20H2. The Balaban J connectivity index is 2.16. The molecule has 6 heteroatoms. The summed E-state index contributed by atoms with van der Waals surface area (Å²) in [5, 5.41) is 0.